The van der Waals surface area contributed by atoms with Gasteiger partial charge in [-0.1, -0.05) is 146 Å². The van der Waals surface area contributed by atoms with Crippen molar-refractivity contribution in [1.82, 2.24) is 19.1 Å². The molecule has 5 heteroatoms. The molecule has 0 bridgehead atoms. The van der Waals surface area contributed by atoms with Crippen molar-refractivity contribution in [2.75, 3.05) is 0 Å². The number of fused-ring (bicyclic) bond motifs is 9. The molecular weight excluding hydrogens is 769 g/mol. The molecule has 0 N–H and O–H groups in total. The summed E-state index contributed by atoms with van der Waals surface area (Å²) >= 11 is 0. The van der Waals surface area contributed by atoms with Crippen LogP contribution >= 0.6 is 0 Å². The summed E-state index contributed by atoms with van der Waals surface area (Å²) in [7, 11) is 0. The second kappa shape index (κ2) is 14.0. The molecule has 5 aromatic heterocycles. The second-order valence-electron chi connectivity index (χ2n) is 16.2. The fourth-order valence-electron chi connectivity index (χ4n) is 9.59. The molecule has 0 saturated heterocycles. The van der Waals surface area contributed by atoms with E-state index < -0.39 is 0 Å². The van der Waals surface area contributed by atoms with Gasteiger partial charge in [0.15, 0.2) is 5.58 Å². The predicted molar refractivity (Wildman–Crippen MR) is 260 cm³/mol. The van der Waals surface area contributed by atoms with E-state index >= 15 is 0 Å². The third-order valence-electron chi connectivity index (χ3n) is 12.6. The first kappa shape index (κ1) is 35.2. The van der Waals surface area contributed by atoms with Gasteiger partial charge < -0.3 is 13.6 Å². The third-order valence-corrected chi connectivity index (χ3v) is 12.6. The van der Waals surface area contributed by atoms with Crippen molar-refractivity contribution in [3.63, 3.8) is 0 Å². The van der Waals surface area contributed by atoms with Crippen LogP contribution in [0.1, 0.15) is 0 Å². The van der Waals surface area contributed by atoms with E-state index in [1.54, 1.807) is 0 Å². The Morgan fingerprint density at radius 3 is 1.54 bits per heavy atom. The van der Waals surface area contributed by atoms with Gasteiger partial charge in [-0.05, 0) is 77.9 Å². The zero-order chi connectivity index (χ0) is 41.4. The Bertz CT molecular complexity index is 3840. The number of para-hydroxylation sites is 3. The molecule has 0 atom stereocenters. The lowest BCUT2D eigenvalue weighted by molar-refractivity contribution is 0.667. The van der Waals surface area contributed by atoms with Crippen molar-refractivity contribution >= 4 is 65.6 Å². The van der Waals surface area contributed by atoms with E-state index in [0.717, 1.165) is 94.8 Å². The lowest BCUT2D eigenvalue weighted by atomic mass is 10.0. The first-order chi connectivity index (χ1) is 31.2. The minimum atomic E-state index is 0.798. The Morgan fingerprint density at radius 1 is 0.302 bits per heavy atom. The van der Waals surface area contributed by atoms with Gasteiger partial charge in [-0.3, -0.25) is 4.98 Å². The maximum absolute atomic E-state index is 6.05. The van der Waals surface area contributed by atoms with Crippen LogP contribution in [0.15, 0.2) is 223 Å². The Balaban J connectivity index is 0.936. The highest BCUT2D eigenvalue weighted by atomic mass is 16.3. The molecular formula is C58H36N4O. The van der Waals surface area contributed by atoms with Crippen LogP contribution in [-0.2, 0) is 0 Å². The molecule has 0 saturated carbocycles. The van der Waals surface area contributed by atoms with Crippen molar-refractivity contribution in [2.24, 2.45) is 0 Å². The molecule has 0 aliphatic heterocycles. The molecule has 0 radical (unpaired) electrons. The van der Waals surface area contributed by atoms with Crippen LogP contribution in [0.4, 0.5) is 0 Å². The van der Waals surface area contributed by atoms with Gasteiger partial charge in [0.25, 0.3) is 0 Å². The van der Waals surface area contributed by atoms with Crippen LogP contribution in [0, 0.1) is 0 Å². The van der Waals surface area contributed by atoms with E-state index in [1.165, 1.54) is 27.1 Å². The Morgan fingerprint density at radius 2 is 0.825 bits per heavy atom. The maximum atomic E-state index is 6.05. The van der Waals surface area contributed by atoms with Gasteiger partial charge in [-0.2, -0.15) is 0 Å². The number of pyridine rings is 2. The standard InChI is InChI=1S/C58H36N4O/c1-3-13-37(14-4-1)51-33-43(34-52(60-51)38-15-5-2-6-16-38)62-53-20-10-7-17-44(53)46-29-25-41(32-56(46)62)40-26-30-55-48(31-40)45-18-8-11-21-54(45)61(55)42-27-23-39(24-28-42)50-35-49-47-19-9-12-22-57(47)63-58(49)36-59-50/h1-36H. The zero-order valence-corrected chi connectivity index (χ0v) is 34.0. The number of benzene rings is 8. The lowest BCUT2D eigenvalue weighted by Gasteiger charge is -2.14. The lowest BCUT2D eigenvalue weighted by Crippen LogP contribution is -1.98. The second-order valence-corrected chi connectivity index (χ2v) is 16.2. The summed E-state index contributed by atoms with van der Waals surface area (Å²) in [5.74, 6) is 0. The Hall–Kier alpha value is -8.54. The fourth-order valence-corrected chi connectivity index (χ4v) is 9.59. The highest BCUT2D eigenvalue weighted by Crippen LogP contribution is 2.40. The Kier molecular flexibility index (Phi) is 7.84. The van der Waals surface area contributed by atoms with Gasteiger partial charge >= 0.3 is 0 Å². The average molecular weight is 805 g/mol. The Labute approximate surface area is 362 Å². The van der Waals surface area contributed by atoms with E-state index in [1.807, 2.05) is 24.4 Å². The molecule has 0 amide bonds. The van der Waals surface area contributed by atoms with Gasteiger partial charge in [0.2, 0.25) is 0 Å². The highest BCUT2D eigenvalue weighted by Gasteiger charge is 2.18. The summed E-state index contributed by atoms with van der Waals surface area (Å²) in [4.78, 5) is 9.99. The molecule has 0 aliphatic rings. The van der Waals surface area contributed by atoms with Gasteiger partial charge in [-0.15, -0.1) is 0 Å². The summed E-state index contributed by atoms with van der Waals surface area (Å²) < 4.78 is 10.8. The van der Waals surface area contributed by atoms with Crippen molar-refractivity contribution in [3.8, 4) is 56.3 Å². The van der Waals surface area contributed by atoms with E-state index in [2.05, 4.69) is 203 Å². The van der Waals surface area contributed by atoms with Crippen LogP contribution in [0.5, 0.6) is 0 Å². The summed E-state index contributed by atoms with van der Waals surface area (Å²) in [6, 6.07) is 75.7. The summed E-state index contributed by atoms with van der Waals surface area (Å²) in [6.07, 6.45) is 1.84. The highest BCUT2D eigenvalue weighted by molar-refractivity contribution is 6.13. The summed E-state index contributed by atoms with van der Waals surface area (Å²) in [6.45, 7) is 0. The van der Waals surface area contributed by atoms with Crippen LogP contribution < -0.4 is 0 Å². The maximum Gasteiger partial charge on any atom is 0.153 e. The quantitative estimate of drug-likeness (QED) is 0.168. The predicted octanol–water partition coefficient (Wildman–Crippen LogP) is 15.2. The van der Waals surface area contributed by atoms with Crippen LogP contribution in [0.25, 0.3) is 122 Å². The summed E-state index contributed by atoms with van der Waals surface area (Å²) in [5.41, 5.74) is 16.8. The topological polar surface area (TPSA) is 48.8 Å². The third kappa shape index (κ3) is 5.71. The van der Waals surface area contributed by atoms with Crippen molar-refractivity contribution < 1.29 is 4.42 Å². The normalized spacial score (nSPS) is 11.8. The van der Waals surface area contributed by atoms with Crippen molar-refractivity contribution in [2.45, 2.75) is 0 Å². The minimum Gasteiger partial charge on any atom is -0.454 e. The number of hydrogen-bond donors (Lipinski definition) is 0. The fraction of sp³-hybridized carbons (Fsp3) is 0. The number of hydrogen-bond acceptors (Lipinski definition) is 3. The van der Waals surface area contributed by atoms with Gasteiger partial charge in [0.1, 0.15) is 5.58 Å². The number of nitrogens with zero attached hydrogens (tertiary/aromatic N) is 4. The molecule has 294 valence electrons. The van der Waals surface area contributed by atoms with Crippen LogP contribution in [0.3, 0.4) is 0 Å². The van der Waals surface area contributed by atoms with E-state index in [4.69, 9.17) is 14.4 Å². The zero-order valence-electron chi connectivity index (χ0n) is 34.0. The monoisotopic (exact) mass is 804 g/mol. The molecule has 5 nitrogen and oxygen atoms in total. The van der Waals surface area contributed by atoms with Crippen molar-refractivity contribution in [3.05, 3.63) is 219 Å². The molecule has 63 heavy (non-hydrogen) atoms. The molecule has 8 aromatic carbocycles. The molecule has 0 spiro atoms. The number of furan rings is 1. The van der Waals surface area contributed by atoms with Gasteiger partial charge in [0, 0.05) is 54.7 Å². The van der Waals surface area contributed by atoms with E-state index in [0.29, 0.717) is 0 Å². The molecule has 0 unspecified atom stereocenters. The SMILES string of the molecule is c1ccc(-c2cc(-n3c4ccccc4c4ccc(-c5ccc6c(c5)c5ccccc5n6-c5ccc(-c6cc7c(cn6)oc6ccccc67)cc5)cc43)cc(-c3ccccc3)n2)cc1. The molecule has 13 aromatic rings. The van der Waals surface area contributed by atoms with Crippen molar-refractivity contribution in [1.29, 1.82) is 0 Å². The van der Waals surface area contributed by atoms with Crippen LogP contribution in [-0.4, -0.2) is 19.1 Å². The molecule has 0 fully saturated rings. The first-order valence-electron chi connectivity index (χ1n) is 21.3. The summed E-state index contributed by atoms with van der Waals surface area (Å²) in [5, 5.41) is 7.03. The van der Waals surface area contributed by atoms with E-state index in [9.17, 15) is 0 Å². The minimum absolute atomic E-state index is 0.798. The molecule has 5 heterocycles. The smallest absolute Gasteiger partial charge is 0.153 e. The number of aromatic nitrogens is 4. The number of rotatable bonds is 6. The van der Waals surface area contributed by atoms with E-state index in [-0.39, 0.29) is 0 Å². The molecule has 0 aliphatic carbocycles. The first-order valence-corrected chi connectivity index (χ1v) is 21.3. The largest absolute Gasteiger partial charge is 0.454 e. The van der Waals surface area contributed by atoms with Crippen LogP contribution in [0.2, 0.25) is 0 Å². The van der Waals surface area contributed by atoms with Gasteiger partial charge in [0.05, 0.1) is 51.0 Å². The average Bonchev–Trinajstić information content (AvgIpc) is 4.01. The molecule has 13 rings (SSSR count). The van der Waals surface area contributed by atoms with Gasteiger partial charge in [-0.25, -0.2) is 4.98 Å².